The molecule has 0 aromatic heterocycles. The van der Waals surface area contributed by atoms with Crippen LogP contribution in [0.1, 0.15) is 11.1 Å². The van der Waals surface area contributed by atoms with Crippen LogP contribution in [0.4, 0.5) is 0 Å². The van der Waals surface area contributed by atoms with Gasteiger partial charge in [-0.3, -0.25) is 0 Å². The Bertz CT molecular complexity index is 815. The minimum absolute atomic E-state index is 0.677. The van der Waals surface area contributed by atoms with E-state index in [0.29, 0.717) is 5.56 Å². The van der Waals surface area contributed by atoms with Gasteiger partial charge in [-0.2, -0.15) is 5.26 Å². The van der Waals surface area contributed by atoms with Gasteiger partial charge in [-0.15, -0.1) is 0 Å². The summed E-state index contributed by atoms with van der Waals surface area (Å²) in [6.45, 7) is 1.91. The van der Waals surface area contributed by atoms with E-state index in [4.69, 9.17) is 10.00 Å². The molecule has 20 heavy (non-hydrogen) atoms. The molecule has 96 valence electrons. The van der Waals surface area contributed by atoms with Crippen molar-refractivity contribution in [2.75, 3.05) is 0 Å². The topological polar surface area (TPSA) is 33.0 Å². The van der Waals surface area contributed by atoms with E-state index in [1.807, 2.05) is 49.4 Å². The van der Waals surface area contributed by atoms with E-state index < -0.39 is 0 Å². The maximum Gasteiger partial charge on any atom is 0.128 e. The summed E-state index contributed by atoms with van der Waals surface area (Å²) in [7, 11) is 0. The fourth-order valence-electron chi connectivity index (χ4n) is 2.19. The van der Waals surface area contributed by atoms with Crippen LogP contribution in [-0.2, 0) is 0 Å². The molecule has 3 aromatic carbocycles. The van der Waals surface area contributed by atoms with Gasteiger partial charge < -0.3 is 4.74 Å². The van der Waals surface area contributed by atoms with Gasteiger partial charge in [0.1, 0.15) is 11.5 Å². The molecule has 0 saturated carbocycles. The van der Waals surface area contributed by atoms with Crippen molar-refractivity contribution in [1.29, 1.82) is 5.26 Å². The number of benzene rings is 3. The first-order chi connectivity index (χ1) is 9.76. The molecule has 0 amide bonds. The fourth-order valence-corrected chi connectivity index (χ4v) is 2.19. The van der Waals surface area contributed by atoms with E-state index in [0.717, 1.165) is 22.4 Å². The lowest BCUT2D eigenvalue weighted by molar-refractivity contribution is 0.483. The van der Waals surface area contributed by atoms with E-state index in [9.17, 15) is 0 Å². The molecular formula is C18H13NO. The molecule has 0 aliphatic heterocycles. The van der Waals surface area contributed by atoms with E-state index in [2.05, 4.69) is 18.2 Å². The Hall–Kier alpha value is -2.79. The molecule has 0 saturated heterocycles. The highest BCUT2D eigenvalue weighted by Gasteiger charge is 2.02. The highest BCUT2D eigenvalue weighted by Crippen LogP contribution is 2.26. The second-order valence-electron chi connectivity index (χ2n) is 4.70. The summed E-state index contributed by atoms with van der Waals surface area (Å²) in [5, 5.41) is 11.3. The molecule has 3 rings (SSSR count). The number of fused-ring (bicyclic) bond motifs is 1. The molecule has 0 aliphatic rings. The van der Waals surface area contributed by atoms with E-state index in [1.54, 1.807) is 6.07 Å². The van der Waals surface area contributed by atoms with Crippen LogP contribution < -0.4 is 4.74 Å². The van der Waals surface area contributed by atoms with Crippen molar-refractivity contribution in [2.24, 2.45) is 0 Å². The monoisotopic (exact) mass is 259 g/mol. The lowest BCUT2D eigenvalue weighted by Crippen LogP contribution is -1.87. The van der Waals surface area contributed by atoms with Gasteiger partial charge in [0.15, 0.2) is 0 Å². The number of aryl methyl sites for hydroxylation is 1. The third-order valence-corrected chi connectivity index (χ3v) is 3.27. The van der Waals surface area contributed by atoms with E-state index in [1.165, 1.54) is 5.39 Å². The lowest BCUT2D eigenvalue weighted by Gasteiger charge is -2.08. The SMILES string of the molecule is Cc1cc(Oc2ccc3ccccc3c2)ccc1C#N. The first kappa shape index (κ1) is 12.3. The third kappa shape index (κ3) is 2.34. The van der Waals surface area contributed by atoms with Crippen LogP contribution in [-0.4, -0.2) is 0 Å². The molecular weight excluding hydrogens is 246 g/mol. The van der Waals surface area contributed by atoms with Gasteiger partial charge in [0, 0.05) is 0 Å². The van der Waals surface area contributed by atoms with Gasteiger partial charge in [0.25, 0.3) is 0 Å². The van der Waals surface area contributed by atoms with Crippen LogP contribution in [0.25, 0.3) is 10.8 Å². The molecule has 0 atom stereocenters. The zero-order chi connectivity index (χ0) is 13.9. The average Bonchev–Trinajstić information content (AvgIpc) is 2.47. The van der Waals surface area contributed by atoms with Gasteiger partial charge in [-0.1, -0.05) is 30.3 Å². The predicted octanol–water partition coefficient (Wildman–Crippen LogP) is 4.81. The average molecular weight is 259 g/mol. The Morgan fingerprint density at radius 1 is 0.850 bits per heavy atom. The maximum absolute atomic E-state index is 8.93. The van der Waals surface area contributed by atoms with Gasteiger partial charge in [0.05, 0.1) is 11.6 Å². The summed E-state index contributed by atoms with van der Waals surface area (Å²) < 4.78 is 5.86. The van der Waals surface area contributed by atoms with Crippen LogP contribution in [0.2, 0.25) is 0 Å². The van der Waals surface area contributed by atoms with E-state index in [-0.39, 0.29) is 0 Å². The maximum atomic E-state index is 8.93. The molecule has 2 nitrogen and oxygen atoms in total. The Morgan fingerprint density at radius 3 is 2.30 bits per heavy atom. The van der Waals surface area contributed by atoms with Crippen molar-refractivity contribution < 1.29 is 4.74 Å². The molecule has 0 N–H and O–H groups in total. The number of hydrogen-bond acceptors (Lipinski definition) is 2. The van der Waals surface area contributed by atoms with Gasteiger partial charge in [0.2, 0.25) is 0 Å². The second kappa shape index (κ2) is 5.07. The van der Waals surface area contributed by atoms with Crippen molar-refractivity contribution in [3.63, 3.8) is 0 Å². The summed E-state index contributed by atoms with van der Waals surface area (Å²) in [6, 6.07) is 21.8. The van der Waals surface area contributed by atoms with Crippen LogP contribution in [0.3, 0.4) is 0 Å². The van der Waals surface area contributed by atoms with E-state index >= 15 is 0 Å². The summed E-state index contributed by atoms with van der Waals surface area (Å²) >= 11 is 0. The van der Waals surface area contributed by atoms with Gasteiger partial charge >= 0.3 is 0 Å². The smallest absolute Gasteiger partial charge is 0.128 e. The zero-order valence-electron chi connectivity index (χ0n) is 11.1. The number of hydrogen-bond donors (Lipinski definition) is 0. The minimum atomic E-state index is 0.677. The highest BCUT2D eigenvalue weighted by atomic mass is 16.5. The number of ether oxygens (including phenoxy) is 1. The van der Waals surface area contributed by atoms with Crippen molar-refractivity contribution in [3.05, 3.63) is 71.8 Å². The number of nitriles is 1. The molecule has 0 fully saturated rings. The zero-order valence-corrected chi connectivity index (χ0v) is 11.1. The van der Waals surface area contributed by atoms with Crippen LogP contribution in [0.5, 0.6) is 11.5 Å². The van der Waals surface area contributed by atoms with Crippen LogP contribution in [0.15, 0.2) is 60.7 Å². The van der Waals surface area contributed by atoms with Crippen LogP contribution in [0, 0.1) is 18.3 Å². The molecule has 0 radical (unpaired) electrons. The molecule has 0 heterocycles. The fraction of sp³-hybridized carbons (Fsp3) is 0.0556. The molecule has 3 aromatic rings. The number of rotatable bonds is 2. The Morgan fingerprint density at radius 2 is 1.55 bits per heavy atom. The van der Waals surface area contributed by atoms with Crippen molar-refractivity contribution in [2.45, 2.75) is 6.92 Å². The molecule has 2 heteroatoms. The third-order valence-electron chi connectivity index (χ3n) is 3.27. The lowest BCUT2D eigenvalue weighted by atomic mass is 10.1. The first-order valence-corrected chi connectivity index (χ1v) is 6.44. The minimum Gasteiger partial charge on any atom is -0.457 e. The van der Waals surface area contributed by atoms with Gasteiger partial charge in [-0.25, -0.2) is 0 Å². The number of nitrogens with zero attached hydrogens (tertiary/aromatic N) is 1. The molecule has 0 aliphatic carbocycles. The van der Waals surface area contributed by atoms with Crippen molar-refractivity contribution in [3.8, 4) is 17.6 Å². The summed E-state index contributed by atoms with van der Waals surface area (Å²) in [5.74, 6) is 1.55. The quantitative estimate of drug-likeness (QED) is 0.661. The summed E-state index contributed by atoms with van der Waals surface area (Å²) in [6.07, 6.45) is 0. The predicted molar refractivity (Wildman–Crippen MR) is 79.9 cm³/mol. The second-order valence-corrected chi connectivity index (χ2v) is 4.70. The largest absolute Gasteiger partial charge is 0.457 e. The standard InChI is InChI=1S/C18H13NO/c1-13-10-17(9-7-16(13)12-19)20-18-8-6-14-4-2-3-5-15(14)11-18/h2-11H,1H3. The highest BCUT2D eigenvalue weighted by molar-refractivity contribution is 5.83. The Labute approximate surface area is 117 Å². The van der Waals surface area contributed by atoms with Crippen LogP contribution >= 0.6 is 0 Å². The molecule has 0 bridgehead atoms. The van der Waals surface area contributed by atoms with Gasteiger partial charge in [-0.05, 0) is 53.6 Å². The molecule has 0 spiro atoms. The molecule has 0 unspecified atom stereocenters. The van der Waals surface area contributed by atoms with Crippen molar-refractivity contribution in [1.82, 2.24) is 0 Å². The first-order valence-electron chi connectivity index (χ1n) is 6.44. The normalized spacial score (nSPS) is 10.2. The summed E-state index contributed by atoms with van der Waals surface area (Å²) in [4.78, 5) is 0. The van der Waals surface area contributed by atoms with Crippen molar-refractivity contribution >= 4 is 10.8 Å². The Kier molecular flexibility index (Phi) is 3.10. The Balaban J connectivity index is 1.93. The summed E-state index contributed by atoms with van der Waals surface area (Å²) in [5.41, 5.74) is 1.60.